The van der Waals surface area contributed by atoms with Crippen molar-refractivity contribution in [3.63, 3.8) is 0 Å². The van der Waals surface area contributed by atoms with Crippen LogP contribution in [0.3, 0.4) is 0 Å². The van der Waals surface area contributed by atoms with Gasteiger partial charge in [-0.25, -0.2) is 0 Å². The van der Waals surface area contributed by atoms with E-state index in [1.54, 1.807) is 18.9 Å². The molecule has 2 atom stereocenters. The van der Waals surface area contributed by atoms with E-state index in [9.17, 15) is 0 Å². The van der Waals surface area contributed by atoms with Crippen LogP contribution in [0.15, 0.2) is 57.9 Å². The molecule has 0 amide bonds. The molecule has 20 heavy (non-hydrogen) atoms. The zero-order chi connectivity index (χ0) is 14.5. The van der Waals surface area contributed by atoms with Gasteiger partial charge < -0.3 is 10.5 Å². The Morgan fingerprint density at radius 3 is 2.40 bits per heavy atom. The highest BCUT2D eigenvalue weighted by Gasteiger charge is 2.18. The maximum atomic E-state index is 6.16. The Bertz CT molecular complexity index is 557. The van der Waals surface area contributed by atoms with E-state index in [1.807, 2.05) is 31.2 Å². The van der Waals surface area contributed by atoms with Gasteiger partial charge in [-0.1, -0.05) is 28.1 Å². The second-order valence-corrected chi connectivity index (χ2v) is 6.76. The van der Waals surface area contributed by atoms with Gasteiger partial charge >= 0.3 is 0 Å². The van der Waals surface area contributed by atoms with E-state index in [1.165, 1.54) is 10.5 Å². The minimum absolute atomic E-state index is 0.0661. The number of rotatable bonds is 5. The second kappa shape index (κ2) is 7.16. The first-order chi connectivity index (χ1) is 9.60. The number of methoxy groups -OCH3 is 1. The van der Waals surface area contributed by atoms with Gasteiger partial charge in [-0.2, -0.15) is 0 Å². The zero-order valence-corrected chi connectivity index (χ0v) is 13.9. The van der Waals surface area contributed by atoms with Crippen LogP contribution in [-0.4, -0.2) is 13.2 Å². The first kappa shape index (κ1) is 15.4. The highest BCUT2D eigenvalue weighted by Crippen LogP contribution is 2.38. The van der Waals surface area contributed by atoms with E-state index in [0.717, 1.165) is 10.2 Å². The molecule has 2 unspecified atom stereocenters. The second-order valence-electron chi connectivity index (χ2n) is 4.63. The van der Waals surface area contributed by atoms with Crippen LogP contribution in [0.2, 0.25) is 0 Å². The number of nitrogens with two attached hydrogens (primary N) is 1. The summed E-state index contributed by atoms with van der Waals surface area (Å²) in [7, 11) is 1.68. The molecule has 0 bridgehead atoms. The van der Waals surface area contributed by atoms with Crippen LogP contribution in [0, 0.1) is 0 Å². The van der Waals surface area contributed by atoms with Crippen molar-refractivity contribution in [1.82, 2.24) is 0 Å². The number of halogens is 1. The molecule has 0 aliphatic heterocycles. The molecule has 0 aliphatic rings. The standard InChI is InChI=1S/C16H18BrNOS/c1-11(18)16(12-4-3-5-13(17)10-12)20-15-8-6-14(19-2)7-9-15/h3-11,16H,18H2,1-2H3. The Labute approximate surface area is 132 Å². The third-order valence-electron chi connectivity index (χ3n) is 2.98. The average molecular weight is 352 g/mol. The topological polar surface area (TPSA) is 35.2 Å². The Hall–Kier alpha value is -0.970. The molecule has 0 saturated carbocycles. The fraction of sp³-hybridized carbons (Fsp3) is 0.250. The van der Waals surface area contributed by atoms with Gasteiger partial charge in [-0.3, -0.25) is 0 Å². The summed E-state index contributed by atoms with van der Waals surface area (Å²) in [6, 6.07) is 16.5. The quantitative estimate of drug-likeness (QED) is 0.797. The van der Waals surface area contributed by atoms with E-state index in [-0.39, 0.29) is 11.3 Å². The predicted octanol–water partition coefficient (Wildman–Crippen LogP) is 4.64. The van der Waals surface area contributed by atoms with Gasteiger partial charge in [-0.05, 0) is 48.9 Å². The lowest BCUT2D eigenvalue weighted by Crippen LogP contribution is -2.22. The lowest BCUT2D eigenvalue weighted by molar-refractivity contribution is 0.414. The summed E-state index contributed by atoms with van der Waals surface area (Å²) in [4.78, 5) is 1.19. The molecule has 0 aliphatic carbocycles. The minimum Gasteiger partial charge on any atom is -0.497 e. The van der Waals surface area contributed by atoms with Crippen molar-refractivity contribution < 1.29 is 4.74 Å². The van der Waals surface area contributed by atoms with Crippen LogP contribution in [0.25, 0.3) is 0 Å². The molecule has 2 aromatic carbocycles. The molecule has 2 rings (SSSR count). The Morgan fingerprint density at radius 1 is 1.15 bits per heavy atom. The van der Waals surface area contributed by atoms with Gasteiger partial charge in [0.25, 0.3) is 0 Å². The summed E-state index contributed by atoms with van der Waals surface area (Å²) >= 11 is 5.29. The fourth-order valence-electron chi connectivity index (χ4n) is 1.96. The Kier molecular flexibility index (Phi) is 5.52. The molecule has 0 spiro atoms. The minimum atomic E-state index is 0.0661. The molecular weight excluding hydrogens is 334 g/mol. The summed E-state index contributed by atoms with van der Waals surface area (Å²) in [6.07, 6.45) is 0. The van der Waals surface area contributed by atoms with Gasteiger partial charge in [0.2, 0.25) is 0 Å². The maximum Gasteiger partial charge on any atom is 0.118 e. The van der Waals surface area contributed by atoms with E-state index in [4.69, 9.17) is 10.5 Å². The normalized spacial score (nSPS) is 13.8. The van der Waals surface area contributed by atoms with Gasteiger partial charge in [-0.15, -0.1) is 11.8 Å². The summed E-state index contributed by atoms with van der Waals surface area (Å²) in [5, 5.41) is 0.223. The third-order valence-corrected chi connectivity index (χ3v) is 4.97. The number of thioether (sulfide) groups is 1. The molecule has 2 N–H and O–H groups in total. The molecule has 0 radical (unpaired) electrons. The first-order valence-electron chi connectivity index (χ1n) is 6.42. The average Bonchev–Trinajstić information content (AvgIpc) is 2.45. The van der Waals surface area contributed by atoms with Crippen molar-refractivity contribution in [2.75, 3.05) is 7.11 Å². The van der Waals surface area contributed by atoms with E-state index in [2.05, 4.69) is 40.2 Å². The molecular formula is C16H18BrNOS. The summed E-state index contributed by atoms with van der Waals surface area (Å²) < 4.78 is 6.26. The third kappa shape index (κ3) is 4.01. The summed E-state index contributed by atoms with van der Waals surface area (Å²) in [6.45, 7) is 2.04. The lowest BCUT2D eigenvalue weighted by atomic mass is 10.1. The van der Waals surface area contributed by atoms with Crippen molar-refractivity contribution in [2.24, 2.45) is 5.73 Å². The van der Waals surface area contributed by atoms with E-state index >= 15 is 0 Å². The molecule has 4 heteroatoms. The van der Waals surface area contributed by atoms with Crippen LogP contribution in [0.5, 0.6) is 5.75 Å². The molecule has 0 fully saturated rings. The van der Waals surface area contributed by atoms with Crippen molar-refractivity contribution in [1.29, 1.82) is 0 Å². The van der Waals surface area contributed by atoms with Gasteiger partial charge in [0, 0.05) is 20.7 Å². The van der Waals surface area contributed by atoms with Crippen molar-refractivity contribution >= 4 is 27.7 Å². The molecule has 0 heterocycles. The Morgan fingerprint density at radius 2 is 1.85 bits per heavy atom. The zero-order valence-electron chi connectivity index (χ0n) is 11.5. The van der Waals surface area contributed by atoms with Gasteiger partial charge in [0.15, 0.2) is 0 Å². The summed E-state index contributed by atoms with van der Waals surface area (Å²) in [5.74, 6) is 0.870. The molecule has 2 nitrogen and oxygen atoms in total. The SMILES string of the molecule is COc1ccc(SC(c2cccc(Br)c2)C(C)N)cc1. The van der Waals surface area contributed by atoms with Crippen LogP contribution in [-0.2, 0) is 0 Å². The lowest BCUT2D eigenvalue weighted by Gasteiger charge is -2.21. The van der Waals surface area contributed by atoms with Crippen molar-refractivity contribution in [3.05, 3.63) is 58.6 Å². The Balaban J connectivity index is 2.21. The number of ether oxygens (including phenoxy) is 1. The summed E-state index contributed by atoms with van der Waals surface area (Å²) in [5.41, 5.74) is 7.39. The van der Waals surface area contributed by atoms with E-state index < -0.39 is 0 Å². The maximum absolute atomic E-state index is 6.16. The number of hydrogen-bond donors (Lipinski definition) is 1. The highest BCUT2D eigenvalue weighted by molar-refractivity contribution is 9.10. The fourth-order valence-corrected chi connectivity index (χ4v) is 3.46. The smallest absolute Gasteiger partial charge is 0.118 e. The van der Waals surface area contributed by atoms with Crippen LogP contribution in [0.1, 0.15) is 17.7 Å². The molecule has 106 valence electrons. The monoisotopic (exact) mass is 351 g/mol. The first-order valence-corrected chi connectivity index (χ1v) is 8.09. The number of hydrogen-bond acceptors (Lipinski definition) is 3. The molecule has 0 aromatic heterocycles. The van der Waals surface area contributed by atoms with Crippen LogP contribution < -0.4 is 10.5 Å². The van der Waals surface area contributed by atoms with Crippen LogP contribution in [0.4, 0.5) is 0 Å². The van der Waals surface area contributed by atoms with Gasteiger partial charge in [0.05, 0.1) is 7.11 Å². The molecule has 0 saturated heterocycles. The number of benzene rings is 2. The van der Waals surface area contributed by atoms with Crippen molar-refractivity contribution in [2.45, 2.75) is 23.1 Å². The van der Waals surface area contributed by atoms with Crippen LogP contribution >= 0.6 is 27.7 Å². The molecule has 2 aromatic rings. The largest absolute Gasteiger partial charge is 0.497 e. The van der Waals surface area contributed by atoms with Gasteiger partial charge in [0.1, 0.15) is 5.75 Å². The van der Waals surface area contributed by atoms with Crippen molar-refractivity contribution in [3.8, 4) is 5.75 Å². The highest BCUT2D eigenvalue weighted by atomic mass is 79.9. The van der Waals surface area contributed by atoms with E-state index in [0.29, 0.717) is 0 Å². The predicted molar refractivity (Wildman–Crippen MR) is 89.4 cm³/mol.